The molecule has 0 aromatic rings. The van der Waals surface area contributed by atoms with E-state index in [1.54, 1.807) is 6.92 Å². The van der Waals surface area contributed by atoms with Crippen LogP contribution in [0.1, 0.15) is 99.8 Å². The molecule has 4 saturated carbocycles. The van der Waals surface area contributed by atoms with Crippen molar-refractivity contribution in [2.24, 2.45) is 50.2 Å². The normalized spacial score (nSPS) is 59.0. The number of rotatable bonds is 8. The van der Waals surface area contributed by atoms with E-state index in [0.717, 1.165) is 25.7 Å². The summed E-state index contributed by atoms with van der Waals surface area (Å²) in [6.07, 6.45) is -11.2. The van der Waals surface area contributed by atoms with E-state index in [1.807, 2.05) is 0 Å². The lowest BCUT2D eigenvalue weighted by Crippen LogP contribution is -2.73. The van der Waals surface area contributed by atoms with E-state index < -0.39 is 128 Å². The van der Waals surface area contributed by atoms with Crippen molar-refractivity contribution < 1.29 is 84.2 Å². The van der Waals surface area contributed by atoms with Crippen LogP contribution in [0.25, 0.3) is 0 Å². The molecule has 10 N–H and O–H groups in total. The molecule has 366 valence electrons. The molecular formula is C47H76O17. The minimum Gasteiger partial charge on any atom is -0.396 e. The van der Waals surface area contributed by atoms with Gasteiger partial charge in [0.05, 0.1) is 43.7 Å². The first-order valence-corrected chi connectivity index (χ1v) is 23.8. The summed E-state index contributed by atoms with van der Waals surface area (Å²) in [6, 6.07) is 0. The Balaban J connectivity index is 0.948. The van der Waals surface area contributed by atoms with E-state index in [1.165, 1.54) is 0 Å². The number of hydrogen-bond acceptors (Lipinski definition) is 17. The summed E-state index contributed by atoms with van der Waals surface area (Å²) in [5, 5.41) is 110. The van der Waals surface area contributed by atoms with E-state index in [2.05, 4.69) is 53.7 Å². The molecule has 1 spiro atoms. The predicted molar refractivity (Wildman–Crippen MR) is 223 cm³/mol. The summed E-state index contributed by atoms with van der Waals surface area (Å²) in [4.78, 5) is 0. The summed E-state index contributed by atoms with van der Waals surface area (Å²) in [6.45, 7) is 14.9. The van der Waals surface area contributed by atoms with Crippen LogP contribution < -0.4 is 0 Å². The fourth-order valence-electron chi connectivity index (χ4n) is 15.6. The number of allylic oxidation sites excluding steroid dienone is 1. The van der Waals surface area contributed by atoms with Crippen molar-refractivity contribution in [2.75, 3.05) is 26.4 Å². The van der Waals surface area contributed by atoms with Gasteiger partial charge in [0, 0.05) is 23.4 Å². The van der Waals surface area contributed by atoms with Crippen molar-refractivity contribution in [1.29, 1.82) is 0 Å². The molecule has 4 heterocycles. The SMILES string of the molecule is C[C@@H]1O[C@H](O[C@H]2CC[C@@]3(C)[C@H](C2)[C@@](C)(CO)C[C@]2(C)[C@@H]3C=C[C@]34OC[C@@]5(CCC(C)(C)C[C@H]53)[C@@H](O)C[C@]42C)[C@@H](O)[C@H](O[C@@H]2O[C@H](CO)[C@@H](O)[C@H](O)[C@H]2O[C@@H]2OC[C@@H](O)[C@H](O)[C@H]2O)[C@@H]1O. The van der Waals surface area contributed by atoms with Crippen LogP contribution in [-0.4, -0.2) is 181 Å². The third-order valence-corrected chi connectivity index (χ3v) is 19.4. The number of aliphatic hydroxyl groups excluding tert-OH is 10. The maximum atomic E-state index is 12.2. The van der Waals surface area contributed by atoms with E-state index in [0.29, 0.717) is 32.3 Å². The van der Waals surface area contributed by atoms with Gasteiger partial charge in [0.25, 0.3) is 0 Å². The van der Waals surface area contributed by atoms with E-state index >= 15 is 0 Å². The molecule has 5 aliphatic carbocycles. The van der Waals surface area contributed by atoms with Crippen molar-refractivity contribution >= 4 is 0 Å². The monoisotopic (exact) mass is 913 g/mol. The van der Waals surface area contributed by atoms with Gasteiger partial charge in [-0.05, 0) is 91.8 Å². The van der Waals surface area contributed by atoms with Crippen LogP contribution in [0.4, 0.5) is 0 Å². The lowest BCUT2D eigenvalue weighted by molar-refractivity contribution is -0.384. The van der Waals surface area contributed by atoms with Crippen molar-refractivity contribution in [3.8, 4) is 0 Å². The second kappa shape index (κ2) is 16.3. The van der Waals surface area contributed by atoms with Gasteiger partial charge in [-0.25, -0.2) is 0 Å². The lowest BCUT2D eigenvalue weighted by atomic mass is 9.30. The topological polar surface area (TPSA) is 267 Å². The maximum absolute atomic E-state index is 12.2. The first-order chi connectivity index (χ1) is 29.9. The summed E-state index contributed by atoms with van der Waals surface area (Å²) >= 11 is 0. The van der Waals surface area contributed by atoms with Crippen LogP contribution in [-0.2, 0) is 33.2 Å². The highest BCUT2D eigenvalue weighted by molar-refractivity contribution is 5.36. The third-order valence-electron chi connectivity index (χ3n) is 19.4. The highest BCUT2D eigenvalue weighted by Crippen LogP contribution is 2.80. The quantitative estimate of drug-likeness (QED) is 0.116. The van der Waals surface area contributed by atoms with Gasteiger partial charge in [-0.15, -0.1) is 0 Å². The molecule has 0 aromatic heterocycles. The Kier molecular flexibility index (Phi) is 12.3. The van der Waals surface area contributed by atoms with Crippen molar-refractivity contribution in [3.63, 3.8) is 0 Å². The largest absolute Gasteiger partial charge is 0.396 e. The lowest BCUT2D eigenvalue weighted by Gasteiger charge is -2.74. The third kappa shape index (κ3) is 6.87. The minimum absolute atomic E-state index is 0.0144. The van der Waals surface area contributed by atoms with Crippen LogP contribution in [0.3, 0.4) is 0 Å². The average molecular weight is 913 g/mol. The predicted octanol–water partition coefficient (Wildman–Crippen LogP) is 0.240. The van der Waals surface area contributed by atoms with Gasteiger partial charge in [-0.2, -0.15) is 0 Å². The Morgan fingerprint density at radius 2 is 1.42 bits per heavy atom. The number of hydrogen-bond donors (Lipinski definition) is 10. The summed E-state index contributed by atoms with van der Waals surface area (Å²) in [5.41, 5.74) is -2.21. The van der Waals surface area contributed by atoms with Gasteiger partial charge in [0.2, 0.25) is 0 Å². The Bertz CT molecular complexity index is 1750. The summed E-state index contributed by atoms with van der Waals surface area (Å²) < 4.78 is 43.1. The van der Waals surface area contributed by atoms with Crippen LogP contribution in [0.15, 0.2) is 12.2 Å². The second-order valence-electron chi connectivity index (χ2n) is 23.5. The zero-order chi connectivity index (χ0) is 46.3. The minimum atomic E-state index is -1.79. The van der Waals surface area contributed by atoms with Crippen LogP contribution in [0, 0.1) is 50.2 Å². The molecule has 0 aromatic carbocycles. The van der Waals surface area contributed by atoms with Crippen LogP contribution in [0.2, 0.25) is 0 Å². The van der Waals surface area contributed by atoms with Crippen molar-refractivity contribution in [2.45, 2.75) is 204 Å². The molecule has 0 amide bonds. The molecule has 0 radical (unpaired) electrons. The molecular weight excluding hydrogens is 837 g/mol. The summed E-state index contributed by atoms with van der Waals surface area (Å²) in [7, 11) is 0. The van der Waals surface area contributed by atoms with E-state index in [-0.39, 0.29) is 46.0 Å². The van der Waals surface area contributed by atoms with E-state index in [9.17, 15) is 51.1 Å². The molecule has 8 fully saturated rings. The zero-order valence-corrected chi connectivity index (χ0v) is 38.4. The van der Waals surface area contributed by atoms with Gasteiger partial charge in [-0.1, -0.05) is 53.7 Å². The fourth-order valence-corrected chi connectivity index (χ4v) is 15.6. The first kappa shape index (κ1) is 48.1. The van der Waals surface area contributed by atoms with Crippen LogP contribution >= 0.6 is 0 Å². The maximum Gasteiger partial charge on any atom is 0.187 e. The Hall–Kier alpha value is -0.940. The second-order valence-corrected chi connectivity index (χ2v) is 23.5. The highest BCUT2D eigenvalue weighted by Gasteiger charge is 2.79. The molecule has 17 nitrogen and oxygen atoms in total. The van der Waals surface area contributed by atoms with Gasteiger partial charge < -0.3 is 84.2 Å². The Labute approximate surface area is 376 Å². The zero-order valence-electron chi connectivity index (χ0n) is 38.4. The molecule has 64 heavy (non-hydrogen) atoms. The highest BCUT2D eigenvalue weighted by atomic mass is 16.8. The molecule has 2 bridgehead atoms. The van der Waals surface area contributed by atoms with Crippen molar-refractivity contribution in [1.82, 2.24) is 0 Å². The number of aliphatic hydroxyl groups is 10. The van der Waals surface area contributed by atoms with Gasteiger partial charge in [0.1, 0.15) is 61.0 Å². The molecule has 17 heteroatoms. The number of fused-ring (bicyclic) bond motifs is 4. The smallest absolute Gasteiger partial charge is 0.187 e. The van der Waals surface area contributed by atoms with Crippen LogP contribution in [0.5, 0.6) is 0 Å². The molecule has 9 rings (SSSR count). The fraction of sp³-hybridized carbons (Fsp3) is 0.957. The van der Waals surface area contributed by atoms with Crippen molar-refractivity contribution in [3.05, 3.63) is 12.2 Å². The molecule has 25 atom stereocenters. The van der Waals surface area contributed by atoms with E-state index in [4.69, 9.17) is 33.2 Å². The Morgan fingerprint density at radius 1 is 0.703 bits per heavy atom. The van der Waals surface area contributed by atoms with Gasteiger partial charge >= 0.3 is 0 Å². The molecule has 0 unspecified atom stereocenters. The standard InChI is InChI=1S/C47H76O17/c1-22-30(52)36(63-40-37(33(55)32(54)25(17-48)62-40)64-38-34(56)31(53)24(50)18-58-38)35(57)39(60-22)61-23-8-10-43(5)26-9-11-47-28-15-41(2,3)12-13-46(28,21-59-47)29(51)16-45(47,7)44(26,6)19-42(4,20-49)27(43)14-23/h9,11,22-40,48-57H,8,10,12-21H2,1-7H3/t22-,23-,24+,25+,26+,27+,28+,29-,30+,31-,32+,33-,34+,35-,36+,37+,38-,39+,40-,42+,43+,44+,45-,46+,47-/m0/s1. The van der Waals surface area contributed by atoms with Gasteiger partial charge in [-0.3, -0.25) is 0 Å². The molecule has 9 aliphatic rings. The average Bonchev–Trinajstić information content (AvgIpc) is 3.52. The first-order valence-electron chi connectivity index (χ1n) is 23.8. The Morgan fingerprint density at radius 3 is 2.12 bits per heavy atom. The number of ether oxygens (including phenoxy) is 7. The summed E-state index contributed by atoms with van der Waals surface area (Å²) in [5.74, 6) is 0.289. The van der Waals surface area contributed by atoms with Gasteiger partial charge in [0.15, 0.2) is 18.9 Å². The molecule has 4 aliphatic heterocycles. The molecule has 4 saturated heterocycles.